The van der Waals surface area contributed by atoms with E-state index in [0.29, 0.717) is 6.42 Å². The second-order valence-corrected chi connectivity index (χ2v) is 8.56. The topological polar surface area (TPSA) is 80.3 Å². The molecule has 3 aromatic rings. The van der Waals surface area contributed by atoms with Crippen molar-refractivity contribution >= 4 is 44.9 Å². The van der Waals surface area contributed by atoms with Gasteiger partial charge in [0.25, 0.3) is 0 Å². The zero-order chi connectivity index (χ0) is 21.0. The summed E-state index contributed by atoms with van der Waals surface area (Å²) in [6.07, 6.45) is -0.0357. The first-order chi connectivity index (χ1) is 13.7. The van der Waals surface area contributed by atoms with Gasteiger partial charge in [-0.3, -0.25) is 10.1 Å². The van der Waals surface area contributed by atoms with Gasteiger partial charge in [-0.05, 0) is 51.1 Å². The number of thiazole rings is 1. The van der Waals surface area contributed by atoms with Gasteiger partial charge in [0.15, 0.2) is 0 Å². The molecule has 1 aromatic heterocycles. The van der Waals surface area contributed by atoms with Crippen LogP contribution in [0.5, 0.6) is 0 Å². The maximum absolute atomic E-state index is 13.7. The van der Waals surface area contributed by atoms with Crippen LogP contribution in [0.25, 0.3) is 10.2 Å². The molecule has 0 bridgehead atoms. The third-order valence-electron chi connectivity index (χ3n) is 3.80. The van der Waals surface area contributed by atoms with Crippen LogP contribution in [0.1, 0.15) is 32.2 Å². The maximum Gasteiger partial charge on any atom is 0.412 e. The Kier molecular flexibility index (Phi) is 6.12. The molecule has 0 aliphatic heterocycles. The Balaban J connectivity index is 1.64. The normalized spacial score (nSPS) is 11.3. The highest BCUT2D eigenvalue weighted by molar-refractivity contribution is 7.18. The number of halogens is 1. The number of fused-ring (bicyclic) bond motifs is 1. The lowest BCUT2D eigenvalue weighted by molar-refractivity contribution is -0.116. The second-order valence-electron chi connectivity index (χ2n) is 7.44. The molecule has 0 fully saturated rings. The molecule has 1 heterocycles. The van der Waals surface area contributed by atoms with Crippen molar-refractivity contribution in [3.8, 4) is 0 Å². The number of para-hydroxylation sites is 1. The monoisotopic (exact) mass is 415 g/mol. The number of aromatic nitrogens is 1. The second kappa shape index (κ2) is 8.57. The molecule has 0 aliphatic carbocycles. The SMILES string of the molecule is CC(C)(C)OC(=O)Nc1ccc(F)cc1NC(=O)CCc1nc2ccccc2s1. The average molecular weight is 415 g/mol. The quantitative estimate of drug-likeness (QED) is 0.588. The Morgan fingerprint density at radius 2 is 1.86 bits per heavy atom. The molecule has 8 heteroatoms. The summed E-state index contributed by atoms with van der Waals surface area (Å²) in [5, 5.41) is 6.04. The van der Waals surface area contributed by atoms with Gasteiger partial charge in [-0.2, -0.15) is 0 Å². The minimum Gasteiger partial charge on any atom is -0.444 e. The molecule has 152 valence electrons. The van der Waals surface area contributed by atoms with Gasteiger partial charge >= 0.3 is 6.09 Å². The molecule has 29 heavy (non-hydrogen) atoms. The molecule has 0 atom stereocenters. The number of aryl methyl sites for hydroxylation is 1. The number of carbonyl (C=O) groups excluding carboxylic acids is 2. The average Bonchev–Trinajstić information content (AvgIpc) is 3.04. The molecule has 2 N–H and O–H groups in total. The van der Waals surface area contributed by atoms with E-state index in [1.54, 1.807) is 32.1 Å². The molecule has 2 aromatic carbocycles. The highest BCUT2D eigenvalue weighted by Crippen LogP contribution is 2.25. The molecular weight excluding hydrogens is 393 g/mol. The summed E-state index contributed by atoms with van der Waals surface area (Å²) >= 11 is 1.54. The third kappa shape index (κ3) is 5.99. The number of rotatable bonds is 5. The van der Waals surface area contributed by atoms with Crippen molar-refractivity contribution in [3.05, 3.63) is 53.3 Å². The number of hydrogen-bond donors (Lipinski definition) is 2. The van der Waals surface area contributed by atoms with E-state index in [0.717, 1.165) is 21.3 Å². The smallest absolute Gasteiger partial charge is 0.412 e. The van der Waals surface area contributed by atoms with Crippen LogP contribution in [0.15, 0.2) is 42.5 Å². The van der Waals surface area contributed by atoms with Gasteiger partial charge in [0, 0.05) is 12.8 Å². The number of nitrogens with one attached hydrogen (secondary N) is 2. The van der Waals surface area contributed by atoms with E-state index in [2.05, 4.69) is 15.6 Å². The fraction of sp³-hybridized carbons (Fsp3) is 0.286. The van der Waals surface area contributed by atoms with Crippen LogP contribution >= 0.6 is 11.3 Å². The van der Waals surface area contributed by atoms with Crippen LogP contribution in [0.4, 0.5) is 20.6 Å². The van der Waals surface area contributed by atoms with Crippen molar-refractivity contribution in [2.24, 2.45) is 0 Å². The lowest BCUT2D eigenvalue weighted by Crippen LogP contribution is -2.27. The van der Waals surface area contributed by atoms with E-state index >= 15 is 0 Å². The first-order valence-electron chi connectivity index (χ1n) is 9.13. The highest BCUT2D eigenvalue weighted by Gasteiger charge is 2.18. The number of hydrogen-bond acceptors (Lipinski definition) is 5. The van der Waals surface area contributed by atoms with E-state index in [1.165, 1.54) is 12.1 Å². The Morgan fingerprint density at radius 3 is 2.59 bits per heavy atom. The summed E-state index contributed by atoms with van der Waals surface area (Å²) in [7, 11) is 0. The van der Waals surface area contributed by atoms with Gasteiger partial charge in [-0.25, -0.2) is 14.2 Å². The van der Waals surface area contributed by atoms with Crippen molar-refractivity contribution in [1.82, 2.24) is 4.98 Å². The van der Waals surface area contributed by atoms with Crippen LogP contribution in [0.2, 0.25) is 0 Å². The summed E-state index contributed by atoms with van der Waals surface area (Å²) in [5.41, 5.74) is 0.658. The Bertz CT molecular complexity index is 1010. The summed E-state index contributed by atoms with van der Waals surface area (Å²) < 4.78 is 19.9. The molecule has 0 unspecified atom stereocenters. The van der Waals surface area contributed by atoms with Crippen molar-refractivity contribution in [2.45, 2.75) is 39.2 Å². The largest absolute Gasteiger partial charge is 0.444 e. The van der Waals surface area contributed by atoms with Crippen molar-refractivity contribution < 1.29 is 18.7 Å². The number of ether oxygens (including phenoxy) is 1. The predicted molar refractivity (Wildman–Crippen MR) is 113 cm³/mol. The lowest BCUT2D eigenvalue weighted by atomic mass is 10.2. The van der Waals surface area contributed by atoms with E-state index in [-0.39, 0.29) is 23.7 Å². The fourth-order valence-corrected chi connectivity index (χ4v) is 3.57. The number of nitrogens with zero attached hydrogens (tertiary/aromatic N) is 1. The van der Waals surface area contributed by atoms with E-state index < -0.39 is 17.5 Å². The van der Waals surface area contributed by atoms with Crippen LogP contribution in [-0.2, 0) is 16.0 Å². The Morgan fingerprint density at radius 1 is 1.10 bits per heavy atom. The minimum atomic E-state index is -0.686. The van der Waals surface area contributed by atoms with Gasteiger partial charge in [0.05, 0.1) is 26.6 Å². The number of benzene rings is 2. The zero-order valence-corrected chi connectivity index (χ0v) is 17.2. The standard InChI is InChI=1S/C21H22FN3O3S/c1-21(2,3)28-20(27)25-14-9-8-13(22)12-16(14)23-18(26)10-11-19-24-15-6-4-5-7-17(15)29-19/h4-9,12H,10-11H2,1-3H3,(H,23,26)(H,25,27). The van der Waals surface area contributed by atoms with Gasteiger partial charge in [0.1, 0.15) is 11.4 Å². The van der Waals surface area contributed by atoms with Crippen LogP contribution in [-0.4, -0.2) is 22.6 Å². The van der Waals surface area contributed by atoms with Crippen molar-refractivity contribution in [2.75, 3.05) is 10.6 Å². The first kappa shape index (κ1) is 20.7. The lowest BCUT2D eigenvalue weighted by Gasteiger charge is -2.20. The summed E-state index contributed by atoms with van der Waals surface area (Å²) in [4.78, 5) is 28.9. The number of amides is 2. The summed E-state index contributed by atoms with van der Waals surface area (Å²) in [5.74, 6) is -0.830. The summed E-state index contributed by atoms with van der Waals surface area (Å²) in [6, 6.07) is 11.5. The molecule has 6 nitrogen and oxygen atoms in total. The predicted octanol–water partition coefficient (Wildman–Crippen LogP) is 5.35. The van der Waals surface area contributed by atoms with Crippen LogP contribution in [0.3, 0.4) is 0 Å². The van der Waals surface area contributed by atoms with Crippen molar-refractivity contribution in [3.63, 3.8) is 0 Å². The molecule has 0 saturated carbocycles. The zero-order valence-electron chi connectivity index (χ0n) is 16.4. The third-order valence-corrected chi connectivity index (χ3v) is 4.89. The van der Waals surface area contributed by atoms with E-state index in [1.807, 2.05) is 24.3 Å². The highest BCUT2D eigenvalue weighted by atomic mass is 32.1. The number of anilines is 2. The maximum atomic E-state index is 13.7. The van der Waals surface area contributed by atoms with Gasteiger partial charge in [0.2, 0.25) is 5.91 Å². The molecular formula is C21H22FN3O3S. The fourth-order valence-electron chi connectivity index (χ4n) is 2.60. The van der Waals surface area contributed by atoms with E-state index in [4.69, 9.17) is 4.74 Å². The molecule has 2 amide bonds. The molecule has 0 aliphatic rings. The van der Waals surface area contributed by atoms with Gasteiger partial charge in [-0.1, -0.05) is 12.1 Å². The molecule has 0 spiro atoms. The van der Waals surface area contributed by atoms with Crippen molar-refractivity contribution in [1.29, 1.82) is 0 Å². The van der Waals surface area contributed by atoms with E-state index in [9.17, 15) is 14.0 Å². The molecule has 0 radical (unpaired) electrons. The van der Waals surface area contributed by atoms with Gasteiger partial charge in [-0.15, -0.1) is 11.3 Å². The minimum absolute atomic E-state index is 0.171. The number of carbonyl (C=O) groups is 2. The molecule has 3 rings (SSSR count). The Hall–Kier alpha value is -3.00. The Labute approximate surface area is 172 Å². The first-order valence-corrected chi connectivity index (χ1v) is 9.95. The van der Waals surface area contributed by atoms with Gasteiger partial charge < -0.3 is 10.1 Å². The molecule has 0 saturated heterocycles. The summed E-state index contributed by atoms with van der Waals surface area (Å²) in [6.45, 7) is 5.21. The van der Waals surface area contributed by atoms with Crippen LogP contribution in [0, 0.1) is 5.82 Å². The van der Waals surface area contributed by atoms with Crippen LogP contribution < -0.4 is 10.6 Å².